The van der Waals surface area contributed by atoms with Gasteiger partial charge >= 0.3 is 0 Å². The van der Waals surface area contributed by atoms with Crippen LogP contribution in [0.15, 0.2) is 33.8 Å². The van der Waals surface area contributed by atoms with Gasteiger partial charge in [0.15, 0.2) is 0 Å². The monoisotopic (exact) mass is 285 g/mol. The van der Waals surface area contributed by atoms with Crippen molar-refractivity contribution in [1.82, 2.24) is 0 Å². The second kappa shape index (κ2) is 5.89. The third-order valence-corrected chi connectivity index (χ3v) is 3.21. The van der Waals surface area contributed by atoms with Gasteiger partial charge in [0.1, 0.15) is 17.2 Å². The van der Waals surface area contributed by atoms with Crippen LogP contribution in [0.1, 0.15) is 19.3 Å². The van der Waals surface area contributed by atoms with E-state index in [1.807, 2.05) is 0 Å². The van der Waals surface area contributed by atoms with Gasteiger partial charge in [-0.1, -0.05) is 0 Å². The van der Waals surface area contributed by atoms with E-state index in [2.05, 4.69) is 10.2 Å². The molecular weight excluding hydrogens is 272 g/mol. The summed E-state index contributed by atoms with van der Waals surface area (Å²) in [5, 5.41) is 18.1. The van der Waals surface area contributed by atoms with Crippen LogP contribution >= 0.6 is 0 Å². The van der Waals surface area contributed by atoms with E-state index in [-0.39, 0.29) is 29.5 Å². The zero-order chi connectivity index (χ0) is 14.7. The molecule has 1 aliphatic carbocycles. The van der Waals surface area contributed by atoms with Crippen LogP contribution in [0.4, 0.5) is 8.78 Å². The van der Waals surface area contributed by atoms with E-state index >= 15 is 0 Å². The van der Waals surface area contributed by atoms with Crippen LogP contribution in [0.3, 0.4) is 0 Å². The number of nitrogens with zero attached hydrogens (tertiary/aromatic N) is 3. The molecule has 2 rings (SSSR count). The largest absolute Gasteiger partial charge is 0.494 e. The number of alkyl halides is 2. The number of hydrogen-bond donors (Lipinski definition) is 0. The number of allylic oxidation sites excluding steroid dienone is 3. The molecule has 0 saturated carbocycles. The molecule has 2 aliphatic rings. The van der Waals surface area contributed by atoms with Crippen molar-refractivity contribution in [2.45, 2.75) is 25.7 Å². The molecule has 6 nitrogen and oxygen atoms in total. The lowest BCUT2D eigenvalue weighted by Gasteiger charge is -2.23. The molecule has 1 aliphatic heterocycles. The van der Waals surface area contributed by atoms with Crippen LogP contribution in [-0.2, 0) is 4.74 Å². The SMILES string of the molecule is COC1=CC([N+](=O)[O-])=CCCC2CC(C(F)F)=NN=C12. The van der Waals surface area contributed by atoms with Crippen molar-refractivity contribution in [3.05, 3.63) is 33.7 Å². The molecule has 0 fully saturated rings. The standard InChI is InChI=1S/C12H13F2N3O3/c1-20-10-6-8(17(18)19)4-2-3-7-5-9(12(13)14)15-16-11(7)10/h4,6-7,12H,2-3,5H2,1H3. The van der Waals surface area contributed by atoms with Gasteiger partial charge in [-0.15, -0.1) is 0 Å². The van der Waals surface area contributed by atoms with Crippen molar-refractivity contribution in [3.8, 4) is 0 Å². The Morgan fingerprint density at radius 2 is 2.25 bits per heavy atom. The Morgan fingerprint density at radius 3 is 2.85 bits per heavy atom. The van der Waals surface area contributed by atoms with Gasteiger partial charge in [-0.05, 0) is 18.9 Å². The maximum atomic E-state index is 12.7. The van der Waals surface area contributed by atoms with Crippen molar-refractivity contribution in [1.29, 1.82) is 0 Å². The van der Waals surface area contributed by atoms with Crippen LogP contribution in [0, 0.1) is 16.0 Å². The van der Waals surface area contributed by atoms with E-state index in [1.54, 1.807) is 0 Å². The fourth-order valence-corrected chi connectivity index (χ4v) is 2.20. The number of rotatable bonds is 3. The molecule has 0 aromatic heterocycles. The summed E-state index contributed by atoms with van der Waals surface area (Å²) in [6.07, 6.45) is 1.09. The number of methoxy groups -OCH3 is 1. The second-order valence-corrected chi connectivity index (χ2v) is 4.45. The number of nitro groups is 1. The summed E-state index contributed by atoms with van der Waals surface area (Å²) in [6, 6.07) is 0. The van der Waals surface area contributed by atoms with Crippen molar-refractivity contribution in [3.63, 3.8) is 0 Å². The number of fused-ring (bicyclic) bond motifs is 1. The van der Waals surface area contributed by atoms with Gasteiger partial charge in [0, 0.05) is 12.3 Å². The van der Waals surface area contributed by atoms with Crippen molar-refractivity contribution < 1.29 is 18.4 Å². The zero-order valence-electron chi connectivity index (χ0n) is 10.8. The molecule has 0 bridgehead atoms. The highest BCUT2D eigenvalue weighted by molar-refractivity contribution is 6.05. The Labute approximate surface area is 113 Å². The molecule has 1 heterocycles. The highest BCUT2D eigenvalue weighted by Gasteiger charge is 2.31. The smallest absolute Gasteiger partial charge is 0.278 e. The van der Waals surface area contributed by atoms with E-state index in [4.69, 9.17) is 4.74 Å². The van der Waals surface area contributed by atoms with Gasteiger partial charge in [0.2, 0.25) is 0 Å². The lowest BCUT2D eigenvalue weighted by atomic mass is 9.88. The van der Waals surface area contributed by atoms with E-state index in [0.29, 0.717) is 18.6 Å². The Bertz CT molecular complexity index is 538. The molecule has 0 saturated heterocycles. The molecule has 108 valence electrons. The first-order valence-corrected chi connectivity index (χ1v) is 6.06. The Kier molecular flexibility index (Phi) is 4.21. The molecule has 0 amide bonds. The lowest BCUT2D eigenvalue weighted by molar-refractivity contribution is -0.419. The number of hydrogen-bond acceptors (Lipinski definition) is 5. The molecule has 0 N–H and O–H groups in total. The van der Waals surface area contributed by atoms with Crippen LogP contribution in [0.5, 0.6) is 0 Å². The minimum atomic E-state index is -2.63. The highest BCUT2D eigenvalue weighted by atomic mass is 19.3. The Morgan fingerprint density at radius 1 is 1.50 bits per heavy atom. The lowest BCUT2D eigenvalue weighted by Crippen LogP contribution is -2.28. The van der Waals surface area contributed by atoms with Gasteiger partial charge in [-0.2, -0.15) is 10.2 Å². The minimum absolute atomic E-state index is 0.0911. The molecule has 0 aromatic rings. The Balaban J connectivity index is 2.39. The van der Waals surface area contributed by atoms with E-state index < -0.39 is 11.3 Å². The number of halogens is 2. The summed E-state index contributed by atoms with van der Waals surface area (Å²) in [6.45, 7) is 0. The van der Waals surface area contributed by atoms with Crippen molar-refractivity contribution >= 4 is 11.4 Å². The van der Waals surface area contributed by atoms with Gasteiger partial charge < -0.3 is 4.74 Å². The van der Waals surface area contributed by atoms with Gasteiger partial charge in [-0.3, -0.25) is 10.1 Å². The highest BCUT2D eigenvalue weighted by Crippen LogP contribution is 2.28. The second-order valence-electron chi connectivity index (χ2n) is 4.45. The topological polar surface area (TPSA) is 77.1 Å². The van der Waals surface area contributed by atoms with E-state index in [1.165, 1.54) is 19.3 Å². The summed E-state index contributed by atoms with van der Waals surface area (Å²) < 4.78 is 30.4. The summed E-state index contributed by atoms with van der Waals surface area (Å²) in [5.74, 6) is -0.0537. The quantitative estimate of drug-likeness (QED) is 0.590. The third kappa shape index (κ3) is 2.89. The van der Waals surface area contributed by atoms with E-state index in [0.717, 1.165) is 0 Å². The van der Waals surface area contributed by atoms with Gasteiger partial charge in [0.25, 0.3) is 12.1 Å². The van der Waals surface area contributed by atoms with Gasteiger partial charge in [-0.25, -0.2) is 8.78 Å². The van der Waals surface area contributed by atoms with Crippen molar-refractivity contribution in [2.24, 2.45) is 16.1 Å². The first-order valence-electron chi connectivity index (χ1n) is 6.06. The normalized spacial score (nSPS) is 22.7. The maximum absolute atomic E-state index is 12.7. The molecular formula is C12H13F2N3O3. The van der Waals surface area contributed by atoms with Crippen LogP contribution in [-0.4, -0.2) is 29.9 Å². The molecule has 0 spiro atoms. The molecule has 0 radical (unpaired) electrons. The molecule has 20 heavy (non-hydrogen) atoms. The number of ether oxygens (including phenoxy) is 1. The minimum Gasteiger partial charge on any atom is -0.494 e. The maximum Gasteiger partial charge on any atom is 0.278 e. The molecule has 8 heteroatoms. The fourth-order valence-electron chi connectivity index (χ4n) is 2.20. The van der Waals surface area contributed by atoms with Gasteiger partial charge in [0.05, 0.1) is 18.1 Å². The summed E-state index contributed by atoms with van der Waals surface area (Å²) in [7, 11) is 1.36. The molecule has 0 aromatic carbocycles. The summed E-state index contributed by atoms with van der Waals surface area (Å²) in [4.78, 5) is 10.3. The van der Waals surface area contributed by atoms with Crippen LogP contribution < -0.4 is 0 Å². The average Bonchev–Trinajstić information content (AvgIpc) is 2.39. The predicted molar refractivity (Wildman–Crippen MR) is 68.4 cm³/mol. The first kappa shape index (κ1) is 14.3. The third-order valence-electron chi connectivity index (χ3n) is 3.21. The molecule has 1 atom stereocenters. The predicted octanol–water partition coefficient (Wildman–Crippen LogP) is 2.55. The fraction of sp³-hybridized carbons (Fsp3) is 0.500. The van der Waals surface area contributed by atoms with Crippen LogP contribution in [0.2, 0.25) is 0 Å². The van der Waals surface area contributed by atoms with Crippen molar-refractivity contribution in [2.75, 3.05) is 7.11 Å². The molecule has 1 unspecified atom stereocenters. The zero-order valence-corrected chi connectivity index (χ0v) is 10.8. The van der Waals surface area contributed by atoms with E-state index in [9.17, 15) is 18.9 Å². The van der Waals surface area contributed by atoms with Crippen LogP contribution in [0.25, 0.3) is 0 Å². The summed E-state index contributed by atoms with van der Waals surface area (Å²) in [5.41, 5.74) is 0.0456. The average molecular weight is 285 g/mol. The summed E-state index contributed by atoms with van der Waals surface area (Å²) >= 11 is 0. The Hall–Kier alpha value is -2.12. The first-order chi connectivity index (χ1) is 9.52.